The zero-order chi connectivity index (χ0) is 16.0. The molecule has 0 saturated heterocycles. The van der Waals surface area contributed by atoms with Crippen LogP contribution in [0.4, 0.5) is 0 Å². The Labute approximate surface area is 122 Å². The Bertz CT molecular complexity index is 601. The lowest BCUT2D eigenvalue weighted by Gasteiger charge is -2.20. The summed E-state index contributed by atoms with van der Waals surface area (Å²) in [4.78, 5) is 21.4. The van der Waals surface area contributed by atoms with Gasteiger partial charge in [-0.25, -0.2) is 0 Å². The molecule has 0 aromatic heterocycles. The molecule has 0 unspecified atom stereocenters. The Morgan fingerprint density at radius 2 is 1.81 bits per heavy atom. The Kier molecular flexibility index (Phi) is 5.82. The molecule has 0 bridgehead atoms. The van der Waals surface area contributed by atoms with Crippen LogP contribution in [-0.2, 0) is 26.3 Å². The predicted molar refractivity (Wildman–Crippen MR) is 73.6 cm³/mol. The Hall–Kier alpha value is -1.97. The fourth-order valence-electron chi connectivity index (χ4n) is 1.55. The number of nitrogens with one attached hydrogen (secondary N) is 1. The Balaban J connectivity index is 2.79. The average molecular weight is 316 g/mol. The number of rotatable bonds is 8. The third-order valence-corrected chi connectivity index (χ3v) is 4.16. The van der Waals surface area contributed by atoms with Crippen LogP contribution in [0.2, 0.25) is 0 Å². The van der Waals surface area contributed by atoms with Crippen LogP contribution in [-0.4, -0.2) is 48.0 Å². The molecule has 116 valence electrons. The van der Waals surface area contributed by atoms with Crippen LogP contribution in [0.3, 0.4) is 0 Å². The summed E-state index contributed by atoms with van der Waals surface area (Å²) in [6, 6.07) is 6.99. The van der Waals surface area contributed by atoms with Crippen LogP contribution < -0.4 is 4.72 Å². The second-order valence-corrected chi connectivity index (χ2v) is 6.16. The van der Waals surface area contributed by atoms with Gasteiger partial charge >= 0.3 is 11.9 Å². The molecule has 0 heterocycles. The van der Waals surface area contributed by atoms with E-state index < -0.39 is 34.6 Å². The van der Waals surface area contributed by atoms with E-state index in [1.807, 2.05) is 4.72 Å². The molecule has 3 N–H and O–H groups in total. The van der Waals surface area contributed by atoms with Crippen LogP contribution >= 0.6 is 0 Å². The highest BCUT2D eigenvalue weighted by atomic mass is 32.2. The van der Waals surface area contributed by atoms with E-state index in [0.29, 0.717) is 0 Å². The molecule has 0 fully saturated rings. The lowest BCUT2D eigenvalue weighted by Crippen LogP contribution is -2.47. The fourth-order valence-corrected chi connectivity index (χ4v) is 2.59. The first-order chi connectivity index (χ1) is 9.72. The molecule has 0 spiro atoms. The zero-order valence-corrected chi connectivity index (χ0v) is 12.1. The quantitative estimate of drug-likeness (QED) is 0.614. The molecule has 1 aromatic carbocycles. The van der Waals surface area contributed by atoms with E-state index in [1.54, 1.807) is 30.3 Å². The van der Waals surface area contributed by atoms with E-state index in [0.717, 1.165) is 9.87 Å². The number of carboxylic acids is 2. The SMILES string of the molecule is CN(Cc1ccccc1)S(=O)(=O)N[C@@H](CC(=O)O)C(=O)O. The van der Waals surface area contributed by atoms with Crippen molar-refractivity contribution in [2.45, 2.75) is 19.0 Å². The first-order valence-electron chi connectivity index (χ1n) is 5.94. The van der Waals surface area contributed by atoms with Crippen LogP contribution in [0.15, 0.2) is 30.3 Å². The fraction of sp³-hybridized carbons (Fsp3) is 0.333. The molecule has 0 radical (unpaired) electrons. The molecular weight excluding hydrogens is 300 g/mol. The van der Waals surface area contributed by atoms with Gasteiger partial charge in [-0.1, -0.05) is 30.3 Å². The highest BCUT2D eigenvalue weighted by Gasteiger charge is 2.28. The smallest absolute Gasteiger partial charge is 0.322 e. The van der Waals surface area contributed by atoms with Crippen molar-refractivity contribution >= 4 is 22.1 Å². The largest absolute Gasteiger partial charge is 0.481 e. The summed E-state index contributed by atoms with van der Waals surface area (Å²) in [7, 11) is -2.84. The summed E-state index contributed by atoms with van der Waals surface area (Å²) in [5, 5.41) is 17.4. The van der Waals surface area contributed by atoms with Gasteiger partial charge in [0.05, 0.1) is 6.42 Å². The second kappa shape index (κ2) is 7.16. The van der Waals surface area contributed by atoms with E-state index in [4.69, 9.17) is 10.2 Å². The molecular formula is C12H16N2O6S. The van der Waals surface area contributed by atoms with Gasteiger partial charge in [0.15, 0.2) is 0 Å². The van der Waals surface area contributed by atoms with Crippen molar-refractivity contribution in [2.24, 2.45) is 0 Å². The monoisotopic (exact) mass is 316 g/mol. The van der Waals surface area contributed by atoms with Crippen LogP contribution in [0.25, 0.3) is 0 Å². The maximum Gasteiger partial charge on any atom is 0.322 e. The molecule has 0 aliphatic carbocycles. The highest BCUT2D eigenvalue weighted by molar-refractivity contribution is 7.87. The van der Waals surface area contributed by atoms with E-state index >= 15 is 0 Å². The molecule has 8 nitrogen and oxygen atoms in total. The molecule has 1 rings (SSSR count). The summed E-state index contributed by atoms with van der Waals surface area (Å²) in [6.07, 6.45) is -0.840. The Morgan fingerprint density at radius 3 is 2.29 bits per heavy atom. The zero-order valence-electron chi connectivity index (χ0n) is 11.3. The molecule has 0 saturated carbocycles. The number of aliphatic carboxylic acids is 2. The molecule has 0 amide bonds. The maximum atomic E-state index is 12.0. The first-order valence-corrected chi connectivity index (χ1v) is 7.38. The number of hydrogen-bond donors (Lipinski definition) is 3. The van der Waals surface area contributed by atoms with Gasteiger partial charge in [-0.15, -0.1) is 0 Å². The summed E-state index contributed by atoms with van der Waals surface area (Å²) in [5.41, 5.74) is 0.718. The predicted octanol–water partition coefficient (Wildman–Crippen LogP) is -0.119. The minimum absolute atomic E-state index is 0.0373. The second-order valence-electron chi connectivity index (χ2n) is 4.35. The standard InChI is InChI=1S/C12H16N2O6S/c1-14(8-9-5-3-2-4-6-9)21(19,20)13-10(12(17)18)7-11(15)16/h2-6,10,13H,7-8H2,1H3,(H,15,16)(H,17,18)/t10-/m0/s1. The summed E-state index contributed by atoms with van der Waals surface area (Å²) in [6.45, 7) is 0.0373. The van der Waals surface area contributed by atoms with Gasteiger partial charge in [-0.05, 0) is 5.56 Å². The van der Waals surface area contributed by atoms with Gasteiger partial charge in [0.1, 0.15) is 6.04 Å². The number of carboxylic acid groups (broad SMARTS) is 2. The summed E-state index contributed by atoms with van der Waals surface area (Å²) < 4.78 is 26.8. The van der Waals surface area contributed by atoms with Gasteiger partial charge in [0, 0.05) is 13.6 Å². The molecule has 1 atom stereocenters. The molecule has 21 heavy (non-hydrogen) atoms. The van der Waals surface area contributed by atoms with Gasteiger partial charge in [0.2, 0.25) is 0 Å². The number of hydrogen-bond acceptors (Lipinski definition) is 4. The van der Waals surface area contributed by atoms with Crippen molar-refractivity contribution in [1.29, 1.82) is 0 Å². The van der Waals surface area contributed by atoms with Crippen LogP contribution in [0, 0.1) is 0 Å². The number of nitrogens with zero attached hydrogens (tertiary/aromatic N) is 1. The minimum atomic E-state index is -4.11. The van der Waals surface area contributed by atoms with Crippen LogP contribution in [0.5, 0.6) is 0 Å². The molecule has 0 aliphatic heterocycles. The number of carbonyl (C=O) groups is 2. The van der Waals surface area contributed by atoms with E-state index in [1.165, 1.54) is 7.05 Å². The Morgan fingerprint density at radius 1 is 1.24 bits per heavy atom. The van der Waals surface area contributed by atoms with Gasteiger partial charge < -0.3 is 10.2 Å². The topological polar surface area (TPSA) is 124 Å². The van der Waals surface area contributed by atoms with Gasteiger partial charge in [-0.2, -0.15) is 17.4 Å². The van der Waals surface area contributed by atoms with Crippen molar-refractivity contribution in [2.75, 3.05) is 7.05 Å². The lowest BCUT2D eigenvalue weighted by molar-refractivity contribution is -0.145. The van der Waals surface area contributed by atoms with Gasteiger partial charge in [-0.3, -0.25) is 9.59 Å². The molecule has 9 heteroatoms. The normalized spacial score (nSPS) is 13.0. The van der Waals surface area contributed by atoms with Crippen LogP contribution in [0.1, 0.15) is 12.0 Å². The molecule has 1 aromatic rings. The van der Waals surface area contributed by atoms with E-state index in [2.05, 4.69) is 0 Å². The van der Waals surface area contributed by atoms with Crippen molar-refractivity contribution in [3.05, 3.63) is 35.9 Å². The maximum absolute atomic E-state index is 12.0. The highest BCUT2D eigenvalue weighted by Crippen LogP contribution is 2.07. The number of benzene rings is 1. The first kappa shape index (κ1) is 17.1. The van der Waals surface area contributed by atoms with Gasteiger partial charge in [0.25, 0.3) is 10.2 Å². The van der Waals surface area contributed by atoms with Crippen molar-refractivity contribution in [3.63, 3.8) is 0 Å². The lowest BCUT2D eigenvalue weighted by atomic mass is 10.2. The van der Waals surface area contributed by atoms with Crippen molar-refractivity contribution in [1.82, 2.24) is 9.03 Å². The third-order valence-electron chi connectivity index (χ3n) is 2.63. The average Bonchev–Trinajstić information content (AvgIpc) is 2.38. The van der Waals surface area contributed by atoms with Crippen molar-refractivity contribution < 1.29 is 28.2 Å². The van der Waals surface area contributed by atoms with E-state index in [-0.39, 0.29) is 6.54 Å². The minimum Gasteiger partial charge on any atom is -0.481 e. The molecule has 0 aliphatic rings. The van der Waals surface area contributed by atoms with E-state index in [9.17, 15) is 18.0 Å². The summed E-state index contributed by atoms with van der Waals surface area (Å²) in [5.74, 6) is -2.95. The van der Waals surface area contributed by atoms with Crippen molar-refractivity contribution in [3.8, 4) is 0 Å². The summed E-state index contributed by atoms with van der Waals surface area (Å²) >= 11 is 0. The third kappa shape index (κ3) is 5.50.